The number of hydrogen-bond acceptors (Lipinski definition) is 3. The van der Waals surface area contributed by atoms with Crippen LogP contribution in [-0.2, 0) is 6.42 Å². The molecule has 1 heterocycles. The van der Waals surface area contributed by atoms with Crippen LogP contribution in [0.25, 0.3) is 21.5 Å². The van der Waals surface area contributed by atoms with E-state index in [1.165, 1.54) is 32.0 Å². The number of nitrogens with zero attached hydrogens (tertiary/aromatic N) is 1. The Morgan fingerprint density at radius 3 is 1.92 bits per heavy atom. The van der Waals surface area contributed by atoms with Crippen molar-refractivity contribution in [3.63, 3.8) is 0 Å². The van der Waals surface area contributed by atoms with Crippen LogP contribution in [0.1, 0.15) is 12.0 Å². The zero-order valence-corrected chi connectivity index (χ0v) is 14.8. The second-order valence-electron chi connectivity index (χ2n) is 6.06. The second kappa shape index (κ2) is 7.26. The maximum Gasteiger partial charge on any atom is 0.101 e. The highest BCUT2D eigenvalue weighted by molar-refractivity contribution is 7.99. The molecular weight excluding hydrogens is 324 g/mol. The minimum atomic E-state index is 0.715. The molecule has 0 saturated carbocycles. The van der Waals surface area contributed by atoms with Gasteiger partial charge in [-0.1, -0.05) is 66.4 Å². The predicted octanol–water partition coefficient (Wildman–Crippen LogP) is 5.43. The number of fused-ring (bicyclic) bond motifs is 2. The molecule has 2 N–H and O–H groups in total. The topological polar surface area (TPSA) is 38.9 Å². The van der Waals surface area contributed by atoms with E-state index in [2.05, 4.69) is 59.6 Å². The van der Waals surface area contributed by atoms with Crippen molar-refractivity contribution in [1.82, 2.24) is 4.98 Å². The van der Waals surface area contributed by atoms with Crippen molar-refractivity contribution < 1.29 is 0 Å². The van der Waals surface area contributed by atoms with E-state index in [1.54, 1.807) is 11.8 Å². The summed E-state index contributed by atoms with van der Waals surface area (Å²) in [6.45, 7) is 0.715. The third-order valence-corrected chi connectivity index (χ3v) is 5.56. The van der Waals surface area contributed by atoms with Crippen LogP contribution in [-0.4, -0.2) is 11.5 Å². The average Bonchev–Trinajstić information content (AvgIpc) is 2.68. The highest BCUT2D eigenvalue weighted by Gasteiger charge is 2.14. The molecule has 4 aromatic rings. The monoisotopic (exact) mass is 344 g/mol. The molecule has 1 aromatic heterocycles. The summed E-state index contributed by atoms with van der Waals surface area (Å²) in [5.74, 6) is 0. The molecular formula is C22H20N2S. The maximum atomic E-state index is 5.78. The van der Waals surface area contributed by atoms with E-state index in [0.29, 0.717) is 6.54 Å². The van der Waals surface area contributed by atoms with Gasteiger partial charge in [0.1, 0.15) is 5.03 Å². The molecule has 0 spiro atoms. The standard InChI is InChI=1S/C22H20N2S/c23-14-7-12-16-17-8-1-3-10-19(17)22(20-11-4-2-9-18(16)20)25-21-13-5-6-15-24-21/h1-6,8-11,13,15H,7,12,14,23H2. The Bertz CT molecular complexity index is 955. The molecule has 4 rings (SSSR count). The summed E-state index contributed by atoms with van der Waals surface area (Å²) in [6, 6.07) is 23.4. The van der Waals surface area contributed by atoms with Gasteiger partial charge < -0.3 is 5.73 Å². The van der Waals surface area contributed by atoms with Gasteiger partial charge in [0.25, 0.3) is 0 Å². The molecule has 0 saturated heterocycles. The van der Waals surface area contributed by atoms with E-state index < -0.39 is 0 Å². The summed E-state index contributed by atoms with van der Waals surface area (Å²) in [5, 5.41) is 6.27. The summed E-state index contributed by atoms with van der Waals surface area (Å²) in [6.07, 6.45) is 3.86. The van der Waals surface area contributed by atoms with Gasteiger partial charge in [0.05, 0.1) is 0 Å². The molecule has 0 amide bonds. The average molecular weight is 344 g/mol. The molecule has 124 valence electrons. The van der Waals surface area contributed by atoms with E-state index in [-0.39, 0.29) is 0 Å². The summed E-state index contributed by atoms with van der Waals surface area (Å²) >= 11 is 1.74. The predicted molar refractivity (Wildman–Crippen MR) is 107 cm³/mol. The van der Waals surface area contributed by atoms with Crippen molar-refractivity contribution in [2.24, 2.45) is 5.73 Å². The fourth-order valence-electron chi connectivity index (χ4n) is 3.35. The van der Waals surface area contributed by atoms with Gasteiger partial charge >= 0.3 is 0 Å². The molecule has 0 fully saturated rings. The number of nitrogens with two attached hydrogens (primary N) is 1. The molecule has 2 nitrogen and oxygen atoms in total. The second-order valence-corrected chi connectivity index (χ2v) is 7.09. The molecule has 0 aliphatic heterocycles. The summed E-state index contributed by atoms with van der Waals surface area (Å²) in [4.78, 5) is 5.79. The van der Waals surface area contributed by atoms with Gasteiger partial charge in [-0.2, -0.15) is 0 Å². The number of aryl methyl sites for hydroxylation is 1. The van der Waals surface area contributed by atoms with Gasteiger partial charge in [0.2, 0.25) is 0 Å². The van der Waals surface area contributed by atoms with E-state index in [1.807, 2.05) is 18.3 Å². The van der Waals surface area contributed by atoms with Gasteiger partial charge in [0.15, 0.2) is 0 Å². The fourth-order valence-corrected chi connectivity index (χ4v) is 4.39. The maximum absolute atomic E-state index is 5.78. The van der Waals surface area contributed by atoms with Gasteiger partial charge in [0, 0.05) is 11.1 Å². The SMILES string of the molecule is NCCCc1c2ccccc2c(Sc2ccccn2)c2ccccc12. The van der Waals surface area contributed by atoms with Crippen LogP contribution in [0.15, 0.2) is 82.8 Å². The molecule has 0 aliphatic carbocycles. The number of pyridine rings is 1. The first-order valence-electron chi connectivity index (χ1n) is 8.60. The van der Waals surface area contributed by atoms with Crippen LogP contribution in [0.4, 0.5) is 0 Å². The zero-order valence-electron chi connectivity index (χ0n) is 14.0. The van der Waals surface area contributed by atoms with Gasteiger partial charge in [-0.3, -0.25) is 0 Å². The summed E-state index contributed by atoms with van der Waals surface area (Å²) < 4.78 is 0. The number of rotatable bonds is 5. The van der Waals surface area contributed by atoms with Crippen molar-refractivity contribution in [1.29, 1.82) is 0 Å². The Hall–Kier alpha value is -2.36. The van der Waals surface area contributed by atoms with E-state index >= 15 is 0 Å². The third kappa shape index (κ3) is 3.13. The molecule has 3 aromatic carbocycles. The van der Waals surface area contributed by atoms with Crippen LogP contribution < -0.4 is 5.73 Å². The quantitative estimate of drug-likeness (QED) is 0.491. The van der Waals surface area contributed by atoms with Crippen molar-refractivity contribution in [3.05, 3.63) is 78.5 Å². The van der Waals surface area contributed by atoms with Gasteiger partial charge in [-0.05, 0) is 58.6 Å². The van der Waals surface area contributed by atoms with E-state index in [4.69, 9.17) is 5.73 Å². The van der Waals surface area contributed by atoms with Crippen molar-refractivity contribution in [3.8, 4) is 0 Å². The minimum absolute atomic E-state index is 0.715. The lowest BCUT2D eigenvalue weighted by Gasteiger charge is -2.16. The van der Waals surface area contributed by atoms with Crippen LogP contribution in [0, 0.1) is 0 Å². The van der Waals surface area contributed by atoms with E-state index in [0.717, 1.165) is 17.9 Å². The molecule has 0 bridgehead atoms. The Morgan fingerprint density at radius 1 is 0.760 bits per heavy atom. The first kappa shape index (κ1) is 16.1. The molecule has 3 heteroatoms. The number of hydrogen-bond donors (Lipinski definition) is 1. The lowest BCUT2D eigenvalue weighted by Crippen LogP contribution is -2.01. The number of benzene rings is 3. The third-order valence-electron chi connectivity index (χ3n) is 4.47. The van der Waals surface area contributed by atoms with Crippen molar-refractivity contribution in [2.45, 2.75) is 22.8 Å². The van der Waals surface area contributed by atoms with Gasteiger partial charge in [-0.15, -0.1) is 0 Å². The highest BCUT2D eigenvalue weighted by Crippen LogP contribution is 2.41. The summed E-state index contributed by atoms with van der Waals surface area (Å²) in [5.41, 5.74) is 7.19. The Balaban J connectivity index is 2.00. The Kier molecular flexibility index (Phi) is 4.68. The van der Waals surface area contributed by atoms with Gasteiger partial charge in [-0.25, -0.2) is 4.98 Å². The molecule has 0 atom stereocenters. The minimum Gasteiger partial charge on any atom is -0.330 e. The molecule has 0 radical (unpaired) electrons. The first-order chi connectivity index (χ1) is 12.4. The van der Waals surface area contributed by atoms with Crippen LogP contribution in [0.2, 0.25) is 0 Å². The fraction of sp³-hybridized carbons (Fsp3) is 0.136. The lowest BCUT2D eigenvalue weighted by molar-refractivity contribution is 0.841. The van der Waals surface area contributed by atoms with Crippen molar-refractivity contribution in [2.75, 3.05) is 6.54 Å². The van der Waals surface area contributed by atoms with Crippen molar-refractivity contribution >= 4 is 33.3 Å². The number of aromatic nitrogens is 1. The largest absolute Gasteiger partial charge is 0.330 e. The zero-order chi connectivity index (χ0) is 17.1. The molecule has 0 unspecified atom stereocenters. The Morgan fingerprint density at radius 2 is 1.36 bits per heavy atom. The van der Waals surface area contributed by atoms with Crippen LogP contribution in [0.5, 0.6) is 0 Å². The molecule has 25 heavy (non-hydrogen) atoms. The smallest absolute Gasteiger partial charge is 0.101 e. The normalized spacial score (nSPS) is 11.2. The first-order valence-corrected chi connectivity index (χ1v) is 9.41. The highest BCUT2D eigenvalue weighted by atomic mass is 32.2. The summed E-state index contributed by atoms with van der Waals surface area (Å²) in [7, 11) is 0. The lowest BCUT2D eigenvalue weighted by atomic mass is 9.94. The van der Waals surface area contributed by atoms with Crippen LogP contribution in [0.3, 0.4) is 0 Å². The van der Waals surface area contributed by atoms with E-state index in [9.17, 15) is 0 Å². The molecule has 0 aliphatic rings. The Labute approximate surface area is 152 Å². The van der Waals surface area contributed by atoms with Crippen LogP contribution >= 0.6 is 11.8 Å².